The van der Waals surface area contributed by atoms with E-state index in [4.69, 9.17) is 33.2 Å². The molecule has 0 amide bonds. The molecule has 0 aromatic carbocycles. The Balaban J connectivity index is 1.63. The van der Waals surface area contributed by atoms with E-state index in [-0.39, 0.29) is 17.3 Å². The second kappa shape index (κ2) is 8.50. The van der Waals surface area contributed by atoms with Gasteiger partial charge in [0.1, 0.15) is 18.3 Å². The predicted octanol–water partition coefficient (Wildman–Crippen LogP) is 1.09. The summed E-state index contributed by atoms with van der Waals surface area (Å²) in [5.74, 6) is -4.03. The minimum atomic E-state index is -1.50. The molecule has 0 aromatic rings. The summed E-state index contributed by atoms with van der Waals surface area (Å²) < 4.78 is 39.0. The van der Waals surface area contributed by atoms with Crippen LogP contribution in [0.2, 0.25) is 0 Å². The SMILES string of the molecule is C=C1C(=O)O[C@@H]2/C=C(\C)[C@@H]3O[C@@H]3/C=C(/C(=O)OC)C(OC(=O)[C@]3(C)O[C@@H]3C)[C@@H](OC(=O)[C@]3(C)O[C@@H]3C)[C@@H]12. The van der Waals surface area contributed by atoms with Gasteiger partial charge >= 0.3 is 23.9 Å². The maximum Gasteiger partial charge on any atom is 0.341 e. The minimum absolute atomic E-state index is 0.00289. The average molecular weight is 519 g/mol. The van der Waals surface area contributed by atoms with Crippen LogP contribution in [-0.2, 0) is 52.3 Å². The summed E-state index contributed by atoms with van der Waals surface area (Å²) in [6.07, 6.45) is -2.37. The molecule has 4 aliphatic heterocycles. The van der Waals surface area contributed by atoms with Crippen molar-refractivity contribution in [2.75, 3.05) is 7.11 Å². The quantitative estimate of drug-likeness (QED) is 0.170. The molecule has 37 heavy (non-hydrogen) atoms. The van der Waals surface area contributed by atoms with Crippen LogP contribution in [0.1, 0.15) is 34.6 Å². The number of fused-ring (bicyclic) bond motifs is 2. The Morgan fingerprint density at radius 3 is 2.08 bits per heavy atom. The van der Waals surface area contributed by atoms with Crippen molar-refractivity contribution in [3.8, 4) is 0 Å². The van der Waals surface area contributed by atoms with Crippen LogP contribution in [0.3, 0.4) is 0 Å². The molecule has 0 N–H and O–H groups in total. The van der Waals surface area contributed by atoms with Gasteiger partial charge in [0.05, 0.1) is 30.8 Å². The van der Waals surface area contributed by atoms with E-state index in [9.17, 15) is 19.2 Å². The number of hydrogen-bond acceptors (Lipinski definition) is 11. The van der Waals surface area contributed by atoms with Crippen LogP contribution in [0.15, 0.2) is 35.5 Å². The third-order valence-electron chi connectivity index (χ3n) is 7.95. The van der Waals surface area contributed by atoms with Crippen LogP contribution >= 0.6 is 0 Å². The Kier molecular flexibility index (Phi) is 5.89. The summed E-state index contributed by atoms with van der Waals surface area (Å²) in [6.45, 7) is 12.2. The fourth-order valence-corrected chi connectivity index (χ4v) is 4.87. The zero-order chi connectivity index (χ0) is 27.0. The van der Waals surface area contributed by atoms with Gasteiger partial charge in [-0.05, 0) is 52.3 Å². The van der Waals surface area contributed by atoms with Gasteiger partial charge in [-0.1, -0.05) is 6.58 Å². The molecule has 0 spiro atoms. The maximum absolute atomic E-state index is 13.3. The van der Waals surface area contributed by atoms with Crippen LogP contribution in [0.25, 0.3) is 0 Å². The lowest BCUT2D eigenvalue weighted by Crippen LogP contribution is -2.49. The maximum atomic E-state index is 13.3. The van der Waals surface area contributed by atoms with Crippen molar-refractivity contribution in [2.45, 2.75) is 88.5 Å². The van der Waals surface area contributed by atoms with Crippen molar-refractivity contribution in [1.82, 2.24) is 0 Å². The molecule has 11 heteroatoms. The number of methoxy groups -OCH3 is 1. The Morgan fingerprint density at radius 2 is 1.54 bits per heavy atom. The molecule has 1 unspecified atom stereocenters. The molecule has 4 saturated heterocycles. The lowest BCUT2D eigenvalue weighted by molar-refractivity contribution is -0.177. The van der Waals surface area contributed by atoms with Gasteiger partial charge in [0.2, 0.25) is 0 Å². The number of esters is 4. The number of carbonyl (C=O) groups is 4. The summed E-state index contributed by atoms with van der Waals surface area (Å²) >= 11 is 0. The summed E-state index contributed by atoms with van der Waals surface area (Å²) in [7, 11) is 1.18. The van der Waals surface area contributed by atoms with Crippen molar-refractivity contribution in [1.29, 1.82) is 0 Å². The van der Waals surface area contributed by atoms with Gasteiger partial charge in [-0.25, -0.2) is 19.2 Å². The summed E-state index contributed by atoms with van der Waals surface area (Å²) in [5, 5.41) is 0. The molecule has 5 rings (SSSR count). The number of epoxide rings is 3. The lowest BCUT2D eigenvalue weighted by atomic mass is 9.83. The highest BCUT2D eigenvalue weighted by molar-refractivity contribution is 5.93. The molecular weight excluding hydrogens is 488 g/mol. The Morgan fingerprint density at radius 1 is 0.973 bits per heavy atom. The fraction of sp³-hybridized carbons (Fsp3) is 0.615. The molecule has 5 aliphatic rings. The Labute approximate surface area is 213 Å². The minimum Gasteiger partial charge on any atom is -0.466 e. The van der Waals surface area contributed by atoms with E-state index >= 15 is 0 Å². The van der Waals surface area contributed by atoms with Gasteiger partial charge in [0.15, 0.2) is 23.4 Å². The van der Waals surface area contributed by atoms with Crippen molar-refractivity contribution in [3.05, 3.63) is 35.5 Å². The highest BCUT2D eigenvalue weighted by Crippen LogP contribution is 2.44. The van der Waals surface area contributed by atoms with Crippen LogP contribution in [-0.4, -0.2) is 84.9 Å². The molecule has 10 atom stereocenters. The highest BCUT2D eigenvalue weighted by atomic mass is 16.7. The van der Waals surface area contributed by atoms with E-state index in [1.807, 2.05) is 0 Å². The second-order valence-corrected chi connectivity index (χ2v) is 10.4. The van der Waals surface area contributed by atoms with Gasteiger partial charge in [-0.15, -0.1) is 0 Å². The lowest BCUT2D eigenvalue weighted by Gasteiger charge is -2.34. The van der Waals surface area contributed by atoms with E-state index in [0.29, 0.717) is 0 Å². The normalized spacial score (nSPS) is 46.5. The molecule has 4 heterocycles. The third kappa shape index (κ3) is 4.18. The standard InChI is InChI=1S/C26H30O11/c1-10-8-15-17(11(2)21(27)33-15)20(35-24(30)26(6)13(4)37-26)19(34-23(29)25(5)12(3)36-25)14(22(28)31-7)9-16-18(10)32-16/h8-9,12-13,15-20H,2H2,1,3-7H3/b10-8+,14-9+/t12-,13-,15-,16-,17+,18+,19?,20+,25-,26-/m1/s1. The summed E-state index contributed by atoms with van der Waals surface area (Å²) in [6, 6.07) is 0. The van der Waals surface area contributed by atoms with Crippen LogP contribution in [0.4, 0.5) is 0 Å². The third-order valence-corrected chi connectivity index (χ3v) is 7.95. The highest BCUT2D eigenvalue weighted by Gasteiger charge is 2.62. The first-order chi connectivity index (χ1) is 17.3. The zero-order valence-corrected chi connectivity index (χ0v) is 21.5. The molecule has 4 fully saturated rings. The van der Waals surface area contributed by atoms with Crippen molar-refractivity contribution in [3.63, 3.8) is 0 Å². The monoisotopic (exact) mass is 518 g/mol. The number of ether oxygens (including phenoxy) is 7. The van der Waals surface area contributed by atoms with E-state index in [2.05, 4.69) is 6.58 Å². The van der Waals surface area contributed by atoms with E-state index in [0.717, 1.165) is 5.57 Å². The molecule has 0 radical (unpaired) electrons. The molecular formula is C26H30O11. The second-order valence-electron chi connectivity index (χ2n) is 10.4. The fourth-order valence-electron chi connectivity index (χ4n) is 4.87. The van der Waals surface area contributed by atoms with E-state index < -0.39 is 77.6 Å². The van der Waals surface area contributed by atoms with Gasteiger partial charge < -0.3 is 33.2 Å². The molecule has 0 saturated carbocycles. The van der Waals surface area contributed by atoms with Crippen LogP contribution < -0.4 is 0 Å². The predicted molar refractivity (Wildman–Crippen MR) is 123 cm³/mol. The van der Waals surface area contributed by atoms with Crippen molar-refractivity contribution < 1.29 is 52.3 Å². The van der Waals surface area contributed by atoms with E-state index in [1.54, 1.807) is 40.7 Å². The van der Waals surface area contributed by atoms with Gasteiger partial charge in [-0.3, -0.25) is 0 Å². The molecule has 0 bridgehead atoms. The molecule has 0 aromatic heterocycles. The average Bonchev–Trinajstić information content (AvgIpc) is 3.79. The van der Waals surface area contributed by atoms with Crippen molar-refractivity contribution in [2.24, 2.45) is 5.92 Å². The van der Waals surface area contributed by atoms with Gasteiger partial charge in [0.25, 0.3) is 0 Å². The topological polar surface area (TPSA) is 143 Å². The van der Waals surface area contributed by atoms with Gasteiger partial charge in [0, 0.05) is 5.57 Å². The first kappa shape index (κ1) is 25.6. The van der Waals surface area contributed by atoms with Crippen LogP contribution in [0.5, 0.6) is 0 Å². The first-order valence-corrected chi connectivity index (χ1v) is 12.1. The molecule has 1 aliphatic carbocycles. The largest absolute Gasteiger partial charge is 0.466 e. The van der Waals surface area contributed by atoms with Crippen molar-refractivity contribution >= 4 is 23.9 Å². The Hall–Kier alpha value is -3.02. The number of rotatable bonds is 5. The molecule has 200 valence electrons. The van der Waals surface area contributed by atoms with Crippen LogP contribution in [0, 0.1) is 5.92 Å². The first-order valence-electron chi connectivity index (χ1n) is 12.1. The molecule has 11 nitrogen and oxygen atoms in total. The number of hydrogen-bond donors (Lipinski definition) is 0. The van der Waals surface area contributed by atoms with Gasteiger partial charge in [-0.2, -0.15) is 0 Å². The summed E-state index contributed by atoms with van der Waals surface area (Å²) in [5.41, 5.74) is -1.84. The smallest absolute Gasteiger partial charge is 0.341 e. The number of carbonyl (C=O) groups excluding carboxylic acids is 4. The van der Waals surface area contributed by atoms with E-state index in [1.165, 1.54) is 13.2 Å². The zero-order valence-electron chi connectivity index (χ0n) is 21.5. The Bertz CT molecular complexity index is 1150. The summed E-state index contributed by atoms with van der Waals surface area (Å²) in [4.78, 5) is 52.2.